The first kappa shape index (κ1) is 21.6. The van der Waals surface area contributed by atoms with E-state index in [1.54, 1.807) is 24.3 Å². The normalized spacial score (nSPS) is 16.5. The lowest BCUT2D eigenvalue weighted by atomic mass is 9.89. The number of anilines is 2. The van der Waals surface area contributed by atoms with Crippen molar-refractivity contribution in [1.29, 1.82) is 0 Å². The predicted molar refractivity (Wildman–Crippen MR) is 113 cm³/mol. The van der Waals surface area contributed by atoms with Crippen LogP contribution in [-0.4, -0.2) is 37.3 Å². The molecule has 1 aliphatic rings. The van der Waals surface area contributed by atoms with Crippen molar-refractivity contribution < 1.29 is 18.7 Å². The first-order valence-corrected chi connectivity index (χ1v) is 10.8. The van der Waals surface area contributed by atoms with Crippen molar-refractivity contribution in [3.63, 3.8) is 0 Å². The second-order valence-corrected chi connectivity index (χ2v) is 8.26. The number of carbonyl (C=O) groups excluding carboxylic acids is 1. The fourth-order valence-corrected chi connectivity index (χ4v) is 4.65. The topological polar surface area (TPSA) is 110 Å². The van der Waals surface area contributed by atoms with E-state index in [0.29, 0.717) is 48.6 Å². The summed E-state index contributed by atoms with van der Waals surface area (Å²) in [4.78, 5) is 13.6. The van der Waals surface area contributed by atoms with Gasteiger partial charge in [-0.05, 0) is 48.9 Å². The van der Waals surface area contributed by atoms with Crippen molar-refractivity contribution in [1.82, 2.24) is 4.31 Å². The molecule has 156 valence electrons. The molecule has 1 unspecified atom stereocenters. The van der Waals surface area contributed by atoms with E-state index < -0.39 is 17.3 Å². The molecule has 3 N–H and O–H groups in total. The van der Waals surface area contributed by atoms with Gasteiger partial charge in [-0.3, -0.25) is 9.11 Å². The zero-order valence-electron chi connectivity index (χ0n) is 16.0. The molecule has 0 aromatic heterocycles. The van der Waals surface area contributed by atoms with Gasteiger partial charge in [-0.2, -0.15) is 0 Å². The van der Waals surface area contributed by atoms with Crippen molar-refractivity contribution in [2.45, 2.75) is 32.1 Å². The minimum atomic E-state index is -2.26. The highest BCUT2D eigenvalue weighted by molar-refractivity contribution is 7.76. The zero-order valence-corrected chi connectivity index (χ0v) is 17.6. The Morgan fingerprint density at radius 3 is 2.52 bits per heavy atom. The number of para-hydroxylation sites is 1. The molecule has 2 aromatic rings. The molecular weight excluding hydrogens is 414 g/mol. The monoisotopic (exact) mass is 436 g/mol. The van der Waals surface area contributed by atoms with E-state index in [1.807, 2.05) is 19.1 Å². The van der Waals surface area contributed by atoms with Gasteiger partial charge in [-0.1, -0.05) is 36.7 Å². The summed E-state index contributed by atoms with van der Waals surface area (Å²) in [6.45, 7) is 2.66. The average Bonchev–Trinajstić information content (AvgIpc) is 2.70. The van der Waals surface area contributed by atoms with Gasteiger partial charge in [0, 0.05) is 34.9 Å². The van der Waals surface area contributed by atoms with Crippen LogP contribution in [0, 0.1) is 0 Å². The molecule has 1 saturated heterocycles. The second-order valence-electron chi connectivity index (χ2n) is 6.91. The highest BCUT2D eigenvalue weighted by Crippen LogP contribution is 2.45. The van der Waals surface area contributed by atoms with Crippen molar-refractivity contribution >= 4 is 40.3 Å². The van der Waals surface area contributed by atoms with E-state index in [4.69, 9.17) is 17.3 Å². The Hall–Kier alpha value is -2.13. The minimum absolute atomic E-state index is 0.107. The number of aryl methyl sites for hydroxylation is 1. The van der Waals surface area contributed by atoms with Gasteiger partial charge < -0.3 is 15.4 Å². The highest BCUT2D eigenvalue weighted by atomic mass is 35.5. The number of benzene rings is 2. The number of phenols is 1. The summed E-state index contributed by atoms with van der Waals surface area (Å²) >= 11 is 4.13. The van der Waals surface area contributed by atoms with Crippen LogP contribution in [0.1, 0.15) is 36.8 Å². The number of halogens is 1. The minimum Gasteiger partial charge on any atom is -0.760 e. The maximum atomic E-state index is 12.3. The Bertz CT molecular complexity index is 932. The van der Waals surface area contributed by atoms with Crippen LogP contribution in [0.4, 0.5) is 16.2 Å². The molecule has 0 aliphatic carbocycles. The van der Waals surface area contributed by atoms with E-state index in [2.05, 4.69) is 0 Å². The number of urea groups is 1. The summed E-state index contributed by atoms with van der Waals surface area (Å²) in [6.07, 6.45) is 1.73. The lowest BCUT2D eigenvalue weighted by Crippen LogP contribution is -2.34. The molecule has 7 nitrogen and oxygen atoms in total. The fourth-order valence-electron chi connectivity index (χ4n) is 3.83. The van der Waals surface area contributed by atoms with Gasteiger partial charge in [0.05, 0.1) is 11.4 Å². The summed E-state index contributed by atoms with van der Waals surface area (Å²) in [5.41, 5.74) is 7.96. The number of carbonyl (C=O) groups is 1. The maximum absolute atomic E-state index is 12.3. The van der Waals surface area contributed by atoms with Gasteiger partial charge >= 0.3 is 6.03 Å². The first-order chi connectivity index (χ1) is 13.8. The SMILES string of the molecule is CCc1ccccc1N(C(N)=O)c1ccc(Cl)c(C2CCN(S(=O)[O-])CC2)c1O. The van der Waals surface area contributed by atoms with Crippen LogP contribution in [0.3, 0.4) is 0 Å². The van der Waals surface area contributed by atoms with Crippen molar-refractivity contribution in [3.05, 3.63) is 52.5 Å². The summed E-state index contributed by atoms with van der Waals surface area (Å²) in [6, 6.07) is 9.84. The number of hydrogen-bond donors (Lipinski definition) is 2. The van der Waals surface area contributed by atoms with E-state index in [9.17, 15) is 18.7 Å². The van der Waals surface area contributed by atoms with Crippen LogP contribution in [0.2, 0.25) is 5.02 Å². The number of phenolic OH excluding ortho intramolecular Hbond substituents is 1. The van der Waals surface area contributed by atoms with E-state index >= 15 is 0 Å². The number of nitrogens with zero attached hydrogens (tertiary/aromatic N) is 2. The summed E-state index contributed by atoms with van der Waals surface area (Å²) < 4.78 is 23.7. The predicted octanol–water partition coefficient (Wildman–Crippen LogP) is 3.80. The van der Waals surface area contributed by atoms with E-state index in [-0.39, 0.29) is 17.4 Å². The van der Waals surface area contributed by atoms with Gasteiger partial charge in [-0.15, -0.1) is 0 Å². The number of primary amides is 1. The lowest BCUT2D eigenvalue weighted by molar-refractivity contribution is 0.255. The number of nitrogens with two attached hydrogens (primary N) is 1. The molecule has 0 saturated carbocycles. The standard InChI is InChI=1S/C20H24ClN3O4S/c1-2-13-5-3-4-6-16(13)24(20(22)26)17-8-7-15(21)18(19(17)25)14-9-11-23(12-10-14)29(27)28/h3-8,14,25H,2,9-12H2,1H3,(H2,22,26)(H,27,28)/p-1. The van der Waals surface area contributed by atoms with Gasteiger partial charge in [-0.25, -0.2) is 9.10 Å². The molecule has 1 heterocycles. The molecule has 2 amide bonds. The second kappa shape index (κ2) is 9.13. The Kier molecular flexibility index (Phi) is 6.79. The lowest BCUT2D eigenvalue weighted by Gasteiger charge is -2.34. The van der Waals surface area contributed by atoms with Gasteiger partial charge in [0.2, 0.25) is 0 Å². The van der Waals surface area contributed by atoms with Gasteiger partial charge in [0.25, 0.3) is 0 Å². The molecule has 0 radical (unpaired) electrons. The molecular formula is C20H23ClN3O4S-. The van der Waals surface area contributed by atoms with Crippen LogP contribution in [0.15, 0.2) is 36.4 Å². The van der Waals surface area contributed by atoms with Gasteiger partial charge in [0.15, 0.2) is 0 Å². The highest BCUT2D eigenvalue weighted by Gasteiger charge is 2.29. The molecule has 1 aliphatic heterocycles. The summed E-state index contributed by atoms with van der Waals surface area (Å²) in [7, 11) is 0. The number of hydrogen-bond acceptors (Lipinski definition) is 4. The van der Waals surface area contributed by atoms with E-state index in [1.165, 1.54) is 9.21 Å². The number of amides is 2. The van der Waals surface area contributed by atoms with Crippen molar-refractivity contribution in [3.8, 4) is 5.75 Å². The first-order valence-electron chi connectivity index (χ1n) is 9.38. The summed E-state index contributed by atoms with van der Waals surface area (Å²) in [5.74, 6) is -0.234. The quantitative estimate of drug-likeness (QED) is 0.694. The van der Waals surface area contributed by atoms with Crippen molar-refractivity contribution in [2.24, 2.45) is 5.73 Å². The molecule has 1 fully saturated rings. The van der Waals surface area contributed by atoms with Crippen LogP contribution in [0.5, 0.6) is 5.75 Å². The molecule has 29 heavy (non-hydrogen) atoms. The molecule has 2 aromatic carbocycles. The van der Waals surface area contributed by atoms with E-state index in [0.717, 1.165) is 5.56 Å². The Morgan fingerprint density at radius 1 is 1.28 bits per heavy atom. The number of piperidine rings is 1. The zero-order chi connectivity index (χ0) is 21.1. The van der Waals surface area contributed by atoms with Crippen LogP contribution in [-0.2, 0) is 17.7 Å². The van der Waals surface area contributed by atoms with Crippen LogP contribution < -0.4 is 10.6 Å². The maximum Gasteiger partial charge on any atom is 0.324 e. The van der Waals surface area contributed by atoms with Crippen LogP contribution in [0.25, 0.3) is 0 Å². The van der Waals surface area contributed by atoms with Crippen molar-refractivity contribution in [2.75, 3.05) is 18.0 Å². The fraction of sp³-hybridized carbons (Fsp3) is 0.350. The number of rotatable bonds is 5. The van der Waals surface area contributed by atoms with Gasteiger partial charge in [0.1, 0.15) is 5.75 Å². The Morgan fingerprint density at radius 2 is 1.93 bits per heavy atom. The smallest absolute Gasteiger partial charge is 0.324 e. The third-order valence-electron chi connectivity index (χ3n) is 5.29. The largest absolute Gasteiger partial charge is 0.760 e. The third-order valence-corrected chi connectivity index (χ3v) is 6.41. The molecule has 9 heteroatoms. The summed E-state index contributed by atoms with van der Waals surface area (Å²) in [5, 5.41) is 11.4. The van der Waals surface area contributed by atoms with Crippen LogP contribution >= 0.6 is 11.6 Å². The Labute approximate surface area is 177 Å². The Balaban J connectivity index is 2.03. The molecule has 0 spiro atoms. The molecule has 0 bridgehead atoms. The third kappa shape index (κ3) is 4.40. The molecule has 1 atom stereocenters. The number of aromatic hydroxyl groups is 1. The average molecular weight is 437 g/mol. The molecule has 3 rings (SSSR count).